The van der Waals surface area contributed by atoms with Crippen molar-refractivity contribution in [1.82, 2.24) is 15.0 Å². The molecule has 0 radical (unpaired) electrons. The van der Waals surface area contributed by atoms with Crippen molar-refractivity contribution in [3.63, 3.8) is 0 Å². The largest absolute Gasteiger partial charge is 0.454 e. The zero-order valence-corrected chi connectivity index (χ0v) is 18.0. The lowest BCUT2D eigenvalue weighted by atomic mass is 10.0. The van der Waals surface area contributed by atoms with Gasteiger partial charge in [-0.25, -0.2) is 4.79 Å². The number of aromatic nitrogens is 2. The van der Waals surface area contributed by atoms with E-state index in [-0.39, 0.29) is 28.4 Å². The minimum absolute atomic E-state index is 0.0144. The molecular formula is C23H18F3N3O5. The van der Waals surface area contributed by atoms with Gasteiger partial charge in [0.2, 0.25) is 5.82 Å². The SMILES string of the molecule is CC(C)[C@@H](C(=O)OCc1nc(-c2ccc(C(F)(F)F)cc2)no1)N1C(=O)c2ccccc2C1=O. The van der Waals surface area contributed by atoms with E-state index >= 15 is 0 Å². The number of ether oxygens (including phenoxy) is 1. The molecule has 1 aromatic heterocycles. The number of benzene rings is 2. The van der Waals surface area contributed by atoms with E-state index in [1.807, 2.05) is 0 Å². The number of carbonyl (C=O) groups excluding carboxylic acids is 3. The number of imide groups is 1. The van der Waals surface area contributed by atoms with Gasteiger partial charge < -0.3 is 9.26 Å². The minimum Gasteiger partial charge on any atom is -0.454 e. The molecule has 0 saturated heterocycles. The first kappa shape index (κ1) is 23.1. The lowest BCUT2D eigenvalue weighted by Gasteiger charge is -2.27. The summed E-state index contributed by atoms with van der Waals surface area (Å²) in [6, 6.07) is 9.27. The Morgan fingerprint density at radius 1 is 1.03 bits per heavy atom. The zero-order chi connectivity index (χ0) is 24.6. The highest BCUT2D eigenvalue weighted by atomic mass is 19.4. The van der Waals surface area contributed by atoms with Crippen LogP contribution in [-0.2, 0) is 22.3 Å². The molecule has 0 saturated carbocycles. The molecule has 0 unspecified atom stereocenters. The molecule has 0 spiro atoms. The molecule has 0 bridgehead atoms. The smallest absolute Gasteiger partial charge is 0.416 e. The molecule has 3 aromatic rings. The summed E-state index contributed by atoms with van der Waals surface area (Å²) in [6.07, 6.45) is -4.47. The maximum Gasteiger partial charge on any atom is 0.416 e. The highest BCUT2D eigenvalue weighted by Gasteiger charge is 2.44. The van der Waals surface area contributed by atoms with Crippen molar-refractivity contribution < 1.29 is 36.8 Å². The molecule has 2 heterocycles. The second kappa shape index (κ2) is 8.73. The van der Waals surface area contributed by atoms with E-state index in [0.29, 0.717) is 0 Å². The first-order chi connectivity index (χ1) is 16.1. The van der Waals surface area contributed by atoms with Gasteiger partial charge in [-0.05, 0) is 30.2 Å². The Balaban J connectivity index is 1.45. The van der Waals surface area contributed by atoms with Gasteiger partial charge in [0.05, 0.1) is 16.7 Å². The van der Waals surface area contributed by atoms with E-state index < -0.39 is 48.1 Å². The standard InChI is InChI=1S/C23H18F3N3O5/c1-12(2)18(29-20(30)15-5-3-4-6-16(15)21(29)31)22(32)33-11-17-27-19(28-34-17)13-7-9-14(10-8-13)23(24,25)26/h3-10,12,18H,11H2,1-2H3/t18-/m0/s1. The average Bonchev–Trinajstić information content (AvgIpc) is 3.37. The van der Waals surface area contributed by atoms with Crippen molar-refractivity contribution in [2.75, 3.05) is 0 Å². The molecule has 34 heavy (non-hydrogen) atoms. The third-order valence-electron chi connectivity index (χ3n) is 5.25. The molecule has 0 N–H and O–H groups in total. The molecule has 0 fully saturated rings. The number of halogens is 3. The van der Waals surface area contributed by atoms with Crippen molar-refractivity contribution in [3.8, 4) is 11.4 Å². The van der Waals surface area contributed by atoms with Gasteiger partial charge in [-0.3, -0.25) is 14.5 Å². The quantitative estimate of drug-likeness (QED) is 0.392. The Labute approximate surface area is 191 Å². The van der Waals surface area contributed by atoms with Crippen molar-refractivity contribution in [2.45, 2.75) is 32.7 Å². The fourth-order valence-corrected chi connectivity index (χ4v) is 3.59. The molecule has 11 heteroatoms. The van der Waals surface area contributed by atoms with Crippen molar-refractivity contribution in [2.24, 2.45) is 5.92 Å². The van der Waals surface area contributed by atoms with Crippen LogP contribution in [0.4, 0.5) is 13.2 Å². The maximum atomic E-state index is 12.8. The van der Waals surface area contributed by atoms with E-state index in [1.165, 1.54) is 24.3 Å². The molecule has 1 atom stereocenters. The summed E-state index contributed by atoms with van der Waals surface area (Å²) in [6.45, 7) is 2.90. The summed E-state index contributed by atoms with van der Waals surface area (Å²) in [7, 11) is 0. The topological polar surface area (TPSA) is 103 Å². The molecule has 8 nitrogen and oxygen atoms in total. The van der Waals surface area contributed by atoms with E-state index in [0.717, 1.165) is 17.0 Å². The van der Waals surface area contributed by atoms with Crippen molar-refractivity contribution in [1.29, 1.82) is 0 Å². The number of fused-ring (bicyclic) bond motifs is 1. The molecule has 1 aliphatic heterocycles. The maximum absolute atomic E-state index is 12.8. The summed E-state index contributed by atoms with van der Waals surface area (Å²) in [5, 5.41) is 3.69. The van der Waals surface area contributed by atoms with Crippen molar-refractivity contribution in [3.05, 3.63) is 71.1 Å². The highest BCUT2D eigenvalue weighted by Crippen LogP contribution is 2.31. The average molecular weight is 473 g/mol. The van der Waals surface area contributed by atoms with Crippen LogP contribution in [0, 0.1) is 5.92 Å². The normalized spacial score (nSPS) is 14.5. The Hall–Kier alpha value is -4.02. The van der Waals surface area contributed by atoms with Crippen LogP contribution in [0.5, 0.6) is 0 Å². The monoisotopic (exact) mass is 473 g/mol. The van der Waals surface area contributed by atoms with Gasteiger partial charge in [0.25, 0.3) is 17.7 Å². The Bertz CT molecular complexity index is 1220. The first-order valence-electron chi connectivity index (χ1n) is 10.2. The molecule has 2 aromatic carbocycles. The molecule has 0 aliphatic carbocycles. The van der Waals surface area contributed by atoms with E-state index in [1.54, 1.807) is 26.0 Å². The van der Waals surface area contributed by atoms with Gasteiger partial charge >= 0.3 is 12.1 Å². The third-order valence-corrected chi connectivity index (χ3v) is 5.25. The molecule has 176 valence electrons. The van der Waals surface area contributed by atoms with Crippen LogP contribution in [0.25, 0.3) is 11.4 Å². The van der Waals surface area contributed by atoms with Gasteiger partial charge in [0.15, 0.2) is 6.61 Å². The van der Waals surface area contributed by atoms with Crippen LogP contribution in [0.1, 0.15) is 46.0 Å². The van der Waals surface area contributed by atoms with E-state index in [2.05, 4.69) is 10.1 Å². The fraction of sp³-hybridized carbons (Fsp3) is 0.261. The number of amides is 2. The number of nitrogens with zero attached hydrogens (tertiary/aromatic N) is 3. The first-order valence-corrected chi connectivity index (χ1v) is 10.2. The van der Waals surface area contributed by atoms with Crippen LogP contribution in [-0.4, -0.2) is 38.9 Å². The number of esters is 1. The molecule has 2 amide bonds. The Kier molecular flexibility index (Phi) is 5.94. The predicted octanol–water partition coefficient (Wildman–Crippen LogP) is 4.12. The number of hydrogen-bond acceptors (Lipinski definition) is 7. The van der Waals surface area contributed by atoms with Crippen LogP contribution in [0.3, 0.4) is 0 Å². The van der Waals surface area contributed by atoms with Gasteiger partial charge in [0, 0.05) is 5.56 Å². The van der Waals surface area contributed by atoms with Crippen LogP contribution in [0.2, 0.25) is 0 Å². The molecule has 4 rings (SSSR count). The highest BCUT2D eigenvalue weighted by molar-refractivity contribution is 6.22. The van der Waals surface area contributed by atoms with Crippen LogP contribution >= 0.6 is 0 Å². The van der Waals surface area contributed by atoms with Crippen LogP contribution in [0.15, 0.2) is 53.1 Å². The van der Waals surface area contributed by atoms with Gasteiger partial charge in [-0.1, -0.05) is 43.3 Å². The fourth-order valence-electron chi connectivity index (χ4n) is 3.59. The van der Waals surface area contributed by atoms with Gasteiger partial charge in [-0.15, -0.1) is 0 Å². The predicted molar refractivity (Wildman–Crippen MR) is 110 cm³/mol. The lowest BCUT2D eigenvalue weighted by Crippen LogP contribution is -2.48. The minimum atomic E-state index is -4.47. The lowest BCUT2D eigenvalue weighted by molar-refractivity contribution is -0.152. The number of hydrogen-bond donors (Lipinski definition) is 0. The summed E-state index contributed by atoms with van der Waals surface area (Å²) in [5.74, 6) is -2.54. The van der Waals surface area contributed by atoms with Gasteiger partial charge in [0.1, 0.15) is 6.04 Å². The van der Waals surface area contributed by atoms with Gasteiger partial charge in [-0.2, -0.15) is 18.2 Å². The third kappa shape index (κ3) is 4.28. The van der Waals surface area contributed by atoms with E-state index in [9.17, 15) is 27.6 Å². The zero-order valence-electron chi connectivity index (χ0n) is 18.0. The number of carbonyl (C=O) groups is 3. The Morgan fingerprint density at radius 3 is 2.15 bits per heavy atom. The number of rotatable bonds is 6. The Morgan fingerprint density at radius 2 is 1.62 bits per heavy atom. The number of alkyl halides is 3. The van der Waals surface area contributed by atoms with E-state index in [4.69, 9.17) is 9.26 Å². The summed E-state index contributed by atoms with van der Waals surface area (Å²) >= 11 is 0. The second-order valence-corrected chi connectivity index (χ2v) is 7.91. The molecular weight excluding hydrogens is 455 g/mol. The summed E-state index contributed by atoms with van der Waals surface area (Å²) in [5.41, 5.74) is -0.115. The molecule has 1 aliphatic rings. The summed E-state index contributed by atoms with van der Waals surface area (Å²) in [4.78, 5) is 43.3. The summed E-state index contributed by atoms with van der Waals surface area (Å²) < 4.78 is 48.4. The van der Waals surface area contributed by atoms with Crippen molar-refractivity contribution >= 4 is 17.8 Å². The second-order valence-electron chi connectivity index (χ2n) is 7.91. The van der Waals surface area contributed by atoms with Crippen LogP contribution < -0.4 is 0 Å².